The predicted molar refractivity (Wildman–Crippen MR) is 77.7 cm³/mol. The molecule has 1 N–H and O–H groups in total. The summed E-state index contributed by atoms with van der Waals surface area (Å²) in [4.78, 5) is 4.69. The van der Waals surface area contributed by atoms with E-state index in [1.165, 1.54) is 16.6 Å². The molecule has 1 aromatic heterocycles. The molecular weight excluding hydrogens is 276 g/mol. The van der Waals surface area contributed by atoms with Crippen molar-refractivity contribution >= 4 is 32.5 Å². The van der Waals surface area contributed by atoms with E-state index in [4.69, 9.17) is 4.98 Å². The molecule has 0 aliphatic heterocycles. The van der Waals surface area contributed by atoms with E-state index in [1.807, 2.05) is 0 Å². The van der Waals surface area contributed by atoms with Gasteiger partial charge in [-0.2, -0.15) is 0 Å². The summed E-state index contributed by atoms with van der Waals surface area (Å²) < 4.78 is 1.07. The number of fused-ring (bicyclic) bond motifs is 1. The summed E-state index contributed by atoms with van der Waals surface area (Å²) in [6, 6.07) is 6.45. The van der Waals surface area contributed by atoms with Crippen LogP contribution in [0.25, 0.3) is 10.9 Å². The molecule has 2 nitrogen and oxygen atoms in total. The Labute approximate surface area is 111 Å². The molecule has 3 heteroatoms. The second-order valence-corrected chi connectivity index (χ2v) is 5.04. The Hall–Kier alpha value is -1.09. The summed E-state index contributed by atoms with van der Waals surface area (Å²) in [6.45, 7) is 7.27. The molecule has 0 unspecified atom stereocenters. The van der Waals surface area contributed by atoms with Gasteiger partial charge in [0.2, 0.25) is 0 Å². The maximum atomic E-state index is 4.69. The number of rotatable bonds is 3. The van der Waals surface area contributed by atoms with E-state index < -0.39 is 0 Å². The van der Waals surface area contributed by atoms with Gasteiger partial charge in [-0.1, -0.05) is 6.92 Å². The average molecular weight is 293 g/mol. The number of benzene rings is 1. The molecule has 90 valence electrons. The van der Waals surface area contributed by atoms with E-state index in [1.54, 1.807) is 0 Å². The number of nitrogens with one attached hydrogen (secondary N) is 1. The highest BCUT2D eigenvalue weighted by atomic mass is 79.9. The first-order valence-corrected chi connectivity index (χ1v) is 6.78. The van der Waals surface area contributed by atoms with Crippen LogP contribution in [0.3, 0.4) is 0 Å². The third-order valence-corrected chi connectivity index (χ3v) is 3.40. The van der Waals surface area contributed by atoms with Crippen molar-refractivity contribution in [3.63, 3.8) is 0 Å². The van der Waals surface area contributed by atoms with Crippen molar-refractivity contribution < 1.29 is 0 Å². The van der Waals surface area contributed by atoms with Crippen LogP contribution in [-0.4, -0.2) is 11.5 Å². The second kappa shape index (κ2) is 5.05. The molecule has 0 fully saturated rings. The van der Waals surface area contributed by atoms with Crippen molar-refractivity contribution in [3.8, 4) is 0 Å². The monoisotopic (exact) mass is 292 g/mol. The topological polar surface area (TPSA) is 24.9 Å². The Morgan fingerprint density at radius 3 is 2.65 bits per heavy atom. The van der Waals surface area contributed by atoms with Gasteiger partial charge >= 0.3 is 0 Å². The van der Waals surface area contributed by atoms with E-state index in [0.29, 0.717) is 0 Å². The van der Waals surface area contributed by atoms with Crippen molar-refractivity contribution in [2.75, 3.05) is 11.9 Å². The maximum Gasteiger partial charge on any atom is 0.0868 e. The molecule has 0 aliphatic rings. The van der Waals surface area contributed by atoms with E-state index in [0.717, 1.165) is 28.6 Å². The number of hydrogen-bond acceptors (Lipinski definition) is 2. The van der Waals surface area contributed by atoms with E-state index in [9.17, 15) is 0 Å². The summed E-state index contributed by atoms with van der Waals surface area (Å²) in [7, 11) is 0. The molecule has 1 heterocycles. The van der Waals surface area contributed by atoms with Gasteiger partial charge in [0, 0.05) is 27.8 Å². The van der Waals surface area contributed by atoms with Gasteiger partial charge in [-0.25, -0.2) is 0 Å². The van der Waals surface area contributed by atoms with Gasteiger partial charge in [0.1, 0.15) is 0 Å². The highest BCUT2D eigenvalue weighted by Gasteiger charge is 2.08. The first-order chi connectivity index (χ1) is 8.15. The van der Waals surface area contributed by atoms with Crippen molar-refractivity contribution in [1.82, 2.24) is 4.98 Å². The van der Waals surface area contributed by atoms with E-state index >= 15 is 0 Å². The third-order valence-electron chi connectivity index (χ3n) is 2.79. The van der Waals surface area contributed by atoms with Gasteiger partial charge in [-0.15, -0.1) is 0 Å². The molecule has 0 saturated carbocycles. The van der Waals surface area contributed by atoms with Crippen LogP contribution in [-0.2, 0) is 6.42 Å². The fourth-order valence-electron chi connectivity index (χ4n) is 1.99. The van der Waals surface area contributed by atoms with Crippen LogP contribution in [0.5, 0.6) is 0 Å². The van der Waals surface area contributed by atoms with Crippen LogP contribution in [0, 0.1) is 6.92 Å². The Morgan fingerprint density at radius 1 is 1.24 bits per heavy atom. The zero-order chi connectivity index (χ0) is 12.4. The summed E-state index contributed by atoms with van der Waals surface area (Å²) in [5.41, 5.74) is 4.59. The van der Waals surface area contributed by atoms with Crippen LogP contribution >= 0.6 is 15.9 Å². The predicted octanol–water partition coefficient (Wildman–Crippen LogP) is 4.30. The Balaban J connectivity index is 2.76. The number of aryl methyl sites for hydroxylation is 2. The van der Waals surface area contributed by atoms with Crippen LogP contribution in [0.15, 0.2) is 22.7 Å². The fourth-order valence-corrected chi connectivity index (χ4v) is 2.65. The number of aromatic nitrogens is 1. The molecule has 0 radical (unpaired) electrons. The molecule has 17 heavy (non-hydrogen) atoms. The van der Waals surface area contributed by atoms with Crippen molar-refractivity contribution in [2.45, 2.75) is 27.2 Å². The first-order valence-electron chi connectivity index (χ1n) is 5.99. The highest BCUT2D eigenvalue weighted by molar-refractivity contribution is 9.10. The van der Waals surface area contributed by atoms with Gasteiger partial charge in [0.25, 0.3) is 0 Å². The molecule has 0 bridgehead atoms. The molecule has 0 saturated heterocycles. The van der Waals surface area contributed by atoms with Gasteiger partial charge < -0.3 is 5.32 Å². The molecule has 0 atom stereocenters. The standard InChI is InChI=1S/C14H17BrN2/c1-4-10-8-13(16-5-2)11-6-9(3)7-12(15)14(11)17-10/h6-8H,4-5H2,1-3H3,(H,16,17). The Kier molecular flexibility index (Phi) is 3.67. The van der Waals surface area contributed by atoms with Crippen molar-refractivity contribution in [1.29, 1.82) is 0 Å². The van der Waals surface area contributed by atoms with Crippen LogP contribution in [0.1, 0.15) is 25.1 Å². The SMILES string of the molecule is CCNc1cc(CC)nc2c(Br)cc(C)cc12. The molecule has 0 spiro atoms. The van der Waals surface area contributed by atoms with Crippen LogP contribution in [0.2, 0.25) is 0 Å². The number of anilines is 1. The number of halogens is 1. The minimum atomic E-state index is 0.924. The second-order valence-electron chi connectivity index (χ2n) is 4.19. The summed E-state index contributed by atoms with van der Waals surface area (Å²) in [5.74, 6) is 0. The fraction of sp³-hybridized carbons (Fsp3) is 0.357. The minimum Gasteiger partial charge on any atom is -0.385 e. The molecule has 0 aliphatic carbocycles. The average Bonchev–Trinajstić information content (AvgIpc) is 2.30. The molecular formula is C14H17BrN2. The van der Waals surface area contributed by atoms with Gasteiger partial charge in [0.05, 0.1) is 5.52 Å². The Morgan fingerprint density at radius 2 is 2.00 bits per heavy atom. The minimum absolute atomic E-state index is 0.924. The summed E-state index contributed by atoms with van der Waals surface area (Å²) in [6.07, 6.45) is 0.953. The van der Waals surface area contributed by atoms with Crippen molar-refractivity contribution in [3.05, 3.63) is 33.9 Å². The normalized spacial score (nSPS) is 10.8. The van der Waals surface area contributed by atoms with Crippen LogP contribution < -0.4 is 5.32 Å². The van der Waals surface area contributed by atoms with Gasteiger partial charge in [-0.3, -0.25) is 4.98 Å². The third kappa shape index (κ3) is 2.44. The lowest BCUT2D eigenvalue weighted by Crippen LogP contribution is -2.01. The summed E-state index contributed by atoms with van der Waals surface area (Å²) >= 11 is 3.61. The van der Waals surface area contributed by atoms with Gasteiger partial charge in [0.15, 0.2) is 0 Å². The smallest absolute Gasteiger partial charge is 0.0868 e. The number of nitrogens with zero attached hydrogens (tertiary/aromatic N) is 1. The largest absolute Gasteiger partial charge is 0.385 e. The molecule has 2 rings (SSSR count). The summed E-state index contributed by atoms with van der Waals surface area (Å²) in [5, 5.41) is 4.61. The molecule has 1 aromatic carbocycles. The number of hydrogen-bond donors (Lipinski definition) is 1. The van der Waals surface area contributed by atoms with Crippen molar-refractivity contribution in [2.24, 2.45) is 0 Å². The van der Waals surface area contributed by atoms with E-state index in [2.05, 4.69) is 60.2 Å². The molecule has 2 aromatic rings. The zero-order valence-electron chi connectivity index (χ0n) is 10.5. The van der Waals surface area contributed by atoms with E-state index in [-0.39, 0.29) is 0 Å². The lowest BCUT2D eigenvalue weighted by molar-refractivity contribution is 1.05. The number of pyridine rings is 1. The maximum absolute atomic E-state index is 4.69. The molecule has 0 amide bonds. The lowest BCUT2D eigenvalue weighted by atomic mass is 10.1. The quantitative estimate of drug-likeness (QED) is 0.912. The highest BCUT2D eigenvalue weighted by Crippen LogP contribution is 2.30. The first kappa shape index (κ1) is 12.4. The zero-order valence-corrected chi connectivity index (χ0v) is 12.1. The van der Waals surface area contributed by atoms with Gasteiger partial charge in [-0.05, 0) is 60.0 Å². The van der Waals surface area contributed by atoms with Crippen LogP contribution in [0.4, 0.5) is 5.69 Å². The Bertz CT molecular complexity index is 549. The lowest BCUT2D eigenvalue weighted by Gasteiger charge is -2.12.